The molecular weight excluding hydrogens is 508 g/mol. The second kappa shape index (κ2) is 14.5. The van der Waals surface area contributed by atoms with Gasteiger partial charge in [-0.2, -0.15) is 0 Å². The van der Waals surface area contributed by atoms with Gasteiger partial charge >= 0.3 is 16.8 Å². The van der Waals surface area contributed by atoms with E-state index < -0.39 is 0 Å². The summed E-state index contributed by atoms with van der Waals surface area (Å²) < 4.78 is 0. The molecule has 0 radical (unpaired) electrons. The third kappa shape index (κ3) is 7.71. The molecule has 0 aliphatic heterocycles. The van der Waals surface area contributed by atoms with Gasteiger partial charge in [0, 0.05) is 0 Å². The standard InChI is InChI=1S/C25H27N3.3ClH.Co/c1-16-10-7-11-17(2)24(16)26-20(5)22-14-9-15-23(28-22)21(6)27-25-18(3)12-8-13-19(25)4;;;;/h7-15H,1-6H3;3*1H;/q;;;;+3/p-3. The van der Waals surface area contributed by atoms with Crippen LogP contribution >= 0.6 is 0 Å². The van der Waals surface area contributed by atoms with E-state index in [1.807, 2.05) is 32.0 Å². The molecule has 0 unspecified atom stereocenters. The minimum absolute atomic E-state index is 0. The van der Waals surface area contributed by atoms with E-state index in [-0.39, 0.29) is 54.0 Å². The van der Waals surface area contributed by atoms with Gasteiger partial charge < -0.3 is 37.2 Å². The molecular formula is C25H27Cl3CoN3. The molecule has 32 heavy (non-hydrogen) atoms. The Morgan fingerprint density at radius 1 is 0.562 bits per heavy atom. The van der Waals surface area contributed by atoms with E-state index in [2.05, 4.69) is 64.1 Å². The van der Waals surface area contributed by atoms with Gasteiger partial charge in [-0.15, -0.1) is 0 Å². The first kappa shape index (κ1) is 32.5. The fraction of sp³-hybridized carbons (Fsp3) is 0.240. The minimum atomic E-state index is 0. The summed E-state index contributed by atoms with van der Waals surface area (Å²) in [6.45, 7) is 12.4. The van der Waals surface area contributed by atoms with E-state index in [9.17, 15) is 0 Å². The van der Waals surface area contributed by atoms with Gasteiger partial charge in [0.05, 0.1) is 34.2 Å². The smallest absolute Gasteiger partial charge is 1.00 e. The molecule has 3 aromatic rings. The zero-order valence-electron chi connectivity index (χ0n) is 19.0. The van der Waals surface area contributed by atoms with Crippen LogP contribution in [0.25, 0.3) is 0 Å². The Kier molecular flexibility index (Phi) is 14.7. The molecule has 0 spiro atoms. The Balaban J connectivity index is 0. The first-order valence-electron chi connectivity index (χ1n) is 9.57. The zero-order chi connectivity index (χ0) is 20.3. The van der Waals surface area contributed by atoms with Crippen molar-refractivity contribution < 1.29 is 54.0 Å². The number of para-hydroxylation sites is 2. The van der Waals surface area contributed by atoms with Crippen molar-refractivity contribution >= 4 is 22.8 Å². The van der Waals surface area contributed by atoms with Crippen molar-refractivity contribution in [2.75, 3.05) is 0 Å². The summed E-state index contributed by atoms with van der Waals surface area (Å²) in [5, 5.41) is 0. The maximum atomic E-state index is 4.86. The maximum absolute atomic E-state index is 4.86. The minimum Gasteiger partial charge on any atom is -1.00 e. The summed E-state index contributed by atoms with van der Waals surface area (Å²) in [5.41, 5.74) is 10.3. The fourth-order valence-electron chi connectivity index (χ4n) is 3.25. The first-order valence-corrected chi connectivity index (χ1v) is 9.57. The van der Waals surface area contributed by atoms with Crippen LogP contribution in [0.15, 0.2) is 64.6 Å². The van der Waals surface area contributed by atoms with E-state index in [1.54, 1.807) is 0 Å². The molecule has 1 heterocycles. The third-order valence-corrected chi connectivity index (χ3v) is 4.93. The number of halogens is 3. The summed E-state index contributed by atoms with van der Waals surface area (Å²) in [6.07, 6.45) is 0. The molecule has 0 fully saturated rings. The second-order valence-electron chi connectivity index (χ2n) is 7.28. The van der Waals surface area contributed by atoms with E-state index in [1.165, 1.54) is 22.3 Å². The van der Waals surface area contributed by atoms with E-state index in [4.69, 9.17) is 15.0 Å². The van der Waals surface area contributed by atoms with Crippen LogP contribution in [0.5, 0.6) is 0 Å². The van der Waals surface area contributed by atoms with E-state index >= 15 is 0 Å². The van der Waals surface area contributed by atoms with Crippen LogP contribution in [-0.4, -0.2) is 16.4 Å². The molecule has 0 aliphatic carbocycles. The van der Waals surface area contributed by atoms with Crippen LogP contribution in [0.1, 0.15) is 47.5 Å². The van der Waals surface area contributed by atoms with Crippen molar-refractivity contribution in [3.05, 3.63) is 88.2 Å². The number of nitrogens with zero attached hydrogens (tertiary/aromatic N) is 3. The van der Waals surface area contributed by atoms with Crippen LogP contribution in [0.3, 0.4) is 0 Å². The number of hydrogen-bond donors (Lipinski definition) is 0. The average Bonchev–Trinajstić information content (AvgIpc) is 2.67. The van der Waals surface area contributed by atoms with Crippen molar-refractivity contribution in [1.82, 2.24) is 4.98 Å². The largest absolute Gasteiger partial charge is 3.00 e. The SMILES string of the molecule is CC(=Nc1c(C)cccc1C)c1cccc(C(C)=Nc2c(C)cccc2C)n1.[Cl-].[Cl-].[Cl-].[Co+3]. The van der Waals surface area contributed by atoms with Crippen LogP contribution in [0, 0.1) is 27.7 Å². The second-order valence-corrected chi connectivity index (χ2v) is 7.28. The van der Waals surface area contributed by atoms with Gasteiger partial charge in [-0.25, -0.2) is 4.98 Å². The Bertz CT molecular complexity index is 972. The Morgan fingerprint density at radius 3 is 1.16 bits per heavy atom. The van der Waals surface area contributed by atoms with Gasteiger partial charge in [-0.1, -0.05) is 42.5 Å². The molecule has 1 aromatic heterocycles. The number of aryl methyl sites for hydroxylation is 4. The van der Waals surface area contributed by atoms with Crippen molar-refractivity contribution in [2.45, 2.75) is 41.5 Å². The number of hydrogen-bond acceptors (Lipinski definition) is 3. The quantitative estimate of drug-likeness (QED) is 0.344. The van der Waals surface area contributed by atoms with Crippen molar-refractivity contribution in [1.29, 1.82) is 0 Å². The summed E-state index contributed by atoms with van der Waals surface area (Å²) in [4.78, 5) is 14.5. The van der Waals surface area contributed by atoms with E-state index in [0.29, 0.717) is 0 Å². The topological polar surface area (TPSA) is 37.6 Å². The first-order chi connectivity index (χ1) is 13.4. The molecule has 172 valence electrons. The van der Waals surface area contributed by atoms with Crippen LogP contribution in [0.2, 0.25) is 0 Å². The number of benzene rings is 2. The fourth-order valence-corrected chi connectivity index (χ4v) is 3.25. The predicted molar refractivity (Wildman–Crippen MR) is 120 cm³/mol. The molecule has 3 rings (SSSR count). The molecule has 0 bridgehead atoms. The summed E-state index contributed by atoms with van der Waals surface area (Å²) >= 11 is 0. The molecule has 2 aromatic carbocycles. The molecule has 7 heteroatoms. The molecule has 0 N–H and O–H groups in total. The van der Waals surface area contributed by atoms with Gasteiger partial charge in [-0.05, 0) is 75.9 Å². The number of aliphatic imine (C=N–C) groups is 2. The monoisotopic (exact) mass is 533 g/mol. The Hall–Kier alpha value is -1.69. The van der Waals surface area contributed by atoms with Crippen molar-refractivity contribution in [3.8, 4) is 0 Å². The summed E-state index contributed by atoms with van der Waals surface area (Å²) in [5.74, 6) is 0. The van der Waals surface area contributed by atoms with Gasteiger partial charge in [0.1, 0.15) is 0 Å². The molecule has 0 aliphatic rings. The average molecular weight is 535 g/mol. The van der Waals surface area contributed by atoms with Crippen LogP contribution in [0.4, 0.5) is 11.4 Å². The predicted octanol–water partition coefficient (Wildman–Crippen LogP) is -2.39. The zero-order valence-corrected chi connectivity index (χ0v) is 22.3. The molecule has 3 nitrogen and oxygen atoms in total. The van der Waals surface area contributed by atoms with Gasteiger partial charge in [0.15, 0.2) is 0 Å². The Morgan fingerprint density at radius 2 is 0.844 bits per heavy atom. The molecule has 0 saturated carbocycles. The van der Waals surface area contributed by atoms with Crippen molar-refractivity contribution in [2.24, 2.45) is 9.98 Å². The van der Waals surface area contributed by atoms with E-state index in [0.717, 1.165) is 34.2 Å². The molecule has 0 amide bonds. The van der Waals surface area contributed by atoms with Gasteiger partial charge in [-0.3, -0.25) is 9.98 Å². The van der Waals surface area contributed by atoms with Gasteiger partial charge in [0.2, 0.25) is 0 Å². The van der Waals surface area contributed by atoms with Gasteiger partial charge in [0.25, 0.3) is 0 Å². The maximum Gasteiger partial charge on any atom is 3.00 e. The van der Waals surface area contributed by atoms with Crippen molar-refractivity contribution in [3.63, 3.8) is 0 Å². The van der Waals surface area contributed by atoms with Crippen LogP contribution in [-0.2, 0) is 16.8 Å². The number of pyridine rings is 1. The molecule has 0 atom stereocenters. The molecule has 0 saturated heterocycles. The van der Waals surface area contributed by atoms with Crippen LogP contribution < -0.4 is 37.2 Å². The third-order valence-electron chi connectivity index (χ3n) is 4.93. The number of rotatable bonds is 4. The number of aromatic nitrogens is 1. The summed E-state index contributed by atoms with van der Waals surface area (Å²) in [6, 6.07) is 18.5. The normalized spacial score (nSPS) is 10.8. The Labute approximate surface area is 220 Å². The summed E-state index contributed by atoms with van der Waals surface area (Å²) in [7, 11) is 0.